The quantitative estimate of drug-likeness (QED) is 0.571. The van der Waals surface area contributed by atoms with Crippen LogP contribution in [0.2, 0.25) is 0 Å². The fourth-order valence-corrected chi connectivity index (χ4v) is 2.08. The zero-order valence-electron chi connectivity index (χ0n) is 11.9. The first kappa shape index (κ1) is 14.1. The molecule has 0 unspecified atom stereocenters. The highest BCUT2D eigenvalue weighted by molar-refractivity contribution is 5.88. The normalized spacial score (nSPS) is 10.2. The Kier molecular flexibility index (Phi) is 4.33. The van der Waals surface area contributed by atoms with Crippen molar-refractivity contribution in [2.45, 2.75) is 13.0 Å². The third-order valence-electron chi connectivity index (χ3n) is 3.13. The maximum atomic E-state index is 8.91. The summed E-state index contributed by atoms with van der Waals surface area (Å²) in [4.78, 5) is 8.49. The van der Waals surface area contributed by atoms with Gasteiger partial charge in [0.1, 0.15) is 30.8 Å². The molecular formula is C17H15N3O2. The predicted molar refractivity (Wildman–Crippen MR) is 84.2 cm³/mol. The molecule has 2 heterocycles. The fraction of sp³-hybridized carbons (Fsp3) is 0.176. The number of nitrogens with zero attached hydrogens (tertiary/aromatic N) is 2. The van der Waals surface area contributed by atoms with E-state index in [1.807, 2.05) is 24.3 Å². The summed E-state index contributed by atoms with van der Waals surface area (Å²) in [7, 11) is 0. The van der Waals surface area contributed by atoms with E-state index in [1.165, 1.54) is 0 Å². The number of hydrogen-bond donors (Lipinski definition) is 2. The maximum absolute atomic E-state index is 8.91. The van der Waals surface area contributed by atoms with Crippen LogP contribution in [-0.4, -0.2) is 21.6 Å². The first-order chi connectivity index (χ1) is 10.9. The Labute approximate surface area is 128 Å². The highest BCUT2D eigenvalue weighted by Gasteiger charge is 2.01. The number of fused-ring (bicyclic) bond motifs is 1. The smallest absolute Gasteiger partial charge is 0.137 e. The van der Waals surface area contributed by atoms with E-state index in [9.17, 15) is 0 Å². The van der Waals surface area contributed by atoms with E-state index in [0.29, 0.717) is 18.7 Å². The zero-order valence-corrected chi connectivity index (χ0v) is 11.9. The summed E-state index contributed by atoms with van der Waals surface area (Å²) < 4.78 is 5.10. The van der Waals surface area contributed by atoms with Gasteiger partial charge in [0.15, 0.2) is 0 Å². The first-order valence-corrected chi connectivity index (χ1v) is 6.97. The summed E-state index contributed by atoms with van der Waals surface area (Å²) in [6, 6.07) is 9.60. The van der Waals surface area contributed by atoms with Crippen LogP contribution in [0.1, 0.15) is 17.7 Å². The van der Waals surface area contributed by atoms with E-state index in [0.717, 1.165) is 22.3 Å². The molecule has 2 N–H and O–H groups in total. The lowest BCUT2D eigenvalue weighted by molar-refractivity contribution is 0.247. The Morgan fingerprint density at radius 1 is 1.23 bits per heavy atom. The lowest BCUT2D eigenvalue weighted by atomic mass is 10.2. The molecule has 1 aromatic carbocycles. The van der Waals surface area contributed by atoms with Crippen molar-refractivity contribution in [2.24, 2.45) is 0 Å². The lowest BCUT2D eigenvalue weighted by Crippen LogP contribution is -2.03. The number of aliphatic hydroxyl groups excluding tert-OH is 1. The molecule has 3 aromatic rings. The van der Waals surface area contributed by atoms with Gasteiger partial charge in [-0.1, -0.05) is 24.0 Å². The van der Waals surface area contributed by atoms with Crippen LogP contribution in [-0.2, 0) is 6.61 Å². The van der Waals surface area contributed by atoms with Gasteiger partial charge in [-0.15, -0.1) is 0 Å². The molecule has 0 radical (unpaired) electrons. The molecule has 0 saturated carbocycles. The SMILES string of the molecule is OCc1cc(C#CCCNc2ncnc3ccccc23)co1. The first-order valence-electron chi connectivity index (χ1n) is 6.97. The van der Waals surface area contributed by atoms with Crippen molar-refractivity contribution in [3.05, 3.63) is 54.2 Å². The number of aromatic nitrogens is 2. The number of nitrogens with one attached hydrogen (secondary N) is 1. The summed E-state index contributed by atoms with van der Waals surface area (Å²) in [5, 5.41) is 13.2. The second-order valence-corrected chi connectivity index (χ2v) is 4.68. The number of furan rings is 1. The van der Waals surface area contributed by atoms with Crippen molar-refractivity contribution < 1.29 is 9.52 Å². The van der Waals surface area contributed by atoms with Crippen LogP contribution >= 0.6 is 0 Å². The van der Waals surface area contributed by atoms with Gasteiger partial charge in [-0.25, -0.2) is 9.97 Å². The van der Waals surface area contributed by atoms with Crippen molar-refractivity contribution in [3.63, 3.8) is 0 Å². The van der Waals surface area contributed by atoms with E-state index in [4.69, 9.17) is 9.52 Å². The molecular weight excluding hydrogens is 278 g/mol. The number of aliphatic hydroxyl groups is 1. The van der Waals surface area contributed by atoms with Gasteiger partial charge in [-0.2, -0.15) is 0 Å². The van der Waals surface area contributed by atoms with Crippen LogP contribution in [0.5, 0.6) is 0 Å². The van der Waals surface area contributed by atoms with Crippen molar-refractivity contribution in [2.75, 3.05) is 11.9 Å². The average Bonchev–Trinajstić information content (AvgIpc) is 3.03. The van der Waals surface area contributed by atoms with Gasteiger partial charge in [0.25, 0.3) is 0 Å². The van der Waals surface area contributed by atoms with E-state index in [-0.39, 0.29) is 6.61 Å². The Morgan fingerprint density at radius 2 is 2.14 bits per heavy atom. The van der Waals surface area contributed by atoms with Gasteiger partial charge >= 0.3 is 0 Å². The molecule has 110 valence electrons. The van der Waals surface area contributed by atoms with E-state index in [1.54, 1.807) is 18.7 Å². The van der Waals surface area contributed by atoms with Crippen LogP contribution in [0.15, 0.2) is 47.3 Å². The molecule has 0 amide bonds. The number of hydrogen-bond acceptors (Lipinski definition) is 5. The molecule has 0 spiro atoms. The van der Waals surface area contributed by atoms with Crippen LogP contribution in [0.3, 0.4) is 0 Å². The molecule has 22 heavy (non-hydrogen) atoms. The minimum atomic E-state index is -0.107. The van der Waals surface area contributed by atoms with E-state index < -0.39 is 0 Å². The van der Waals surface area contributed by atoms with E-state index >= 15 is 0 Å². The molecule has 5 heteroatoms. The van der Waals surface area contributed by atoms with E-state index in [2.05, 4.69) is 27.1 Å². The molecule has 0 bridgehead atoms. The van der Waals surface area contributed by atoms with Gasteiger partial charge in [0, 0.05) is 18.4 Å². The lowest BCUT2D eigenvalue weighted by Gasteiger charge is -2.05. The topological polar surface area (TPSA) is 71.2 Å². The minimum absolute atomic E-state index is 0.107. The third kappa shape index (κ3) is 3.25. The van der Waals surface area contributed by atoms with Crippen molar-refractivity contribution in [3.8, 4) is 11.8 Å². The molecule has 2 aromatic heterocycles. The van der Waals surface area contributed by atoms with Crippen LogP contribution in [0.4, 0.5) is 5.82 Å². The number of para-hydroxylation sites is 1. The highest BCUT2D eigenvalue weighted by atomic mass is 16.4. The maximum Gasteiger partial charge on any atom is 0.137 e. The number of anilines is 1. The summed E-state index contributed by atoms with van der Waals surface area (Å²) in [5.74, 6) is 7.40. The van der Waals surface area contributed by atoms with Gasteiger partial charge < -0.3 is 14.8 Å². The Hall–Kier alpha value is -2.84. The largest absolute Gasteiger partial charge is 0.466 e. The van der Waals surface area contributed by atoms with Gasteiger partial charge in [0.05, 0.1) is 11.1 Å². The predicted octanol–water partition coefficient (Wildman–Crippen LogP) is 2.57. The molecule has 5 nitrogen and oxygen atoms in total. The second kappa shape index (κ2) is 6.74. The standard InChI is InChI=1S/C17H15N3O2/c21-10-14-9-13(11-22-14)5-3-4-8-18-17-15-6-1-2-7-16(15)19-12-20-17/h1-2,6-7,9,11-12,21H,4,8,10H2,(H,18,19,20). The Bertz CT molecular complexity index is 825. The minimum Gasteiger partial charge on any atom is -0.466 e. The molecule has 0 saturated heterocycles. The molecule has 0 atom stereocenters. The summed E-state index contributed by atoms with van der Waals surface area (Å²) in [6.07, 6.45) is 3.78. The van der Waals surface area contributed by atoms with Gasteiger partial charge in [0.2, 0.25) is 0 Å². The zero-order chi connectivity index (χ0) is 15.2. The molecule has 0 aliphatic carbocycles. The second-order valence-electron chi connectivity index (χ2n) is 4.68. The van der Waals surface area contributed by atoms with Gasteiger partial charge in [-0.05, 0) is 18.2 Å². The Balaban J connectivity index is 1.59. The molecule has 0 aliphatic heterocycles. The van der Waals surface area contributed by atoms with Crippen LogP contribution in [0, 0.1) is 11.8 Å². The molecule has 3 rings (SSSR count). The summed E-state index contributed by atoms with van der Waals surface area (Å²) in [5.41, 5.74) is 1.69. The number of rotatable bonds is 4. The Morgan fingerprint density at radius 3 is 3.00 bits per heavy atom. The van der Waals surface area contributed by atoms with Crippen molar-refractivity contribution in [1.29, 1.82) is 0 Å². The fourth-order valence-electron chi connectivity index (χ4n) is 2.08. The average molecular weight is 293 g/mol. The summed E-state index contributed by atoms with van der Waals surface area (Å²) >= 11 is 0. The number of benzene rings is 1. The third-order valence-corrected chi connectivity index (χ3v) is 3.13. The van der Waals surface area contributed by atoms with Crippen molar-refractivity contribution >= 4 is 16.7 Å². The van der Waals surface area contributed by atoms with Crippen LogP contribution in [0.25, 0.3) is 10.9 Å². The molecule has 0 aliphatic rings. The highest BCUT2D eigenvalue weighted by Crippen LogP contribution is 2.17. The van der Waals surface area contributed by atoms with Crippen LogP contribution < -0.4 is 5.32 Å². The molecule has 0 fully saturated rings. The monoisotopic (exact) mass is 293 g/mol. The summed E-state index contributed by atoms with van der Waals surface area (Å²) in [6.45, 7) is 0.586. The van der Waals surface area contributed by atoms with Gasteiger partial charge in [-0.3, -0.25) is 0 Å². The van der Waals surface area contributed by atoms with Crippen molar-refractivity contribution in [1.82, 2.24) is 9.97 Å².